The van der Waals surface area contributed by atoms with Gasteiger partial charge in [0.1, 0.15) is 11.6 Å². The third-order valence-corrected chi connectivity index (χ3v) is 1.24. The van der Waals surface area contributed by atoms with Gasteiger partial charge in [0.25, 0.3) is 0 Å². The van der Waals surface area contributed by atoms with Gasteiger partial charge in [-0.25, -0.2) is 0 Å². The lowest BCUT2D eigenvalue weighted by Crippen LogP contribution is -2.01. The maximum Gasteiger partial charge on any atom is 0.133 e. The fraction of sp³-hybridized carbons (Fsp3) is 0.500. The Hall–Kier alpha value is -0.660. The first-order chi connectivity index (χ1) is 4.70. The first-order valence-corrected chi connectivity index (χ1v) is 3.32. The van der Waals surface area contributed by atoms with E-state index in [0.717, 1.165) is 0 Å². The van der Waals surface area contributed by atoms with E-state index in [2.05, 4.69) is 13.8 Å². The van der Waals surface area contributed by atoms with E-state index in [4.69, 9.17) is 0 Å². The van der Waals surface area contributed by atoms with Gasteiger partial charge < -0.3 is 0 Å². The van der Waals surface area contributed by atoms with E-state index in [1.165, 1.54) is 0 Å². The quantitative estimate of drug-likeness (QED) is 0.577. The molecule has 0 fully saturated rings. The Bertz CT molecular complexity index is 111. The van der Waals surface area contributed by atoms with Gasteiger partial charge in [-0.1, -0.05) is 0 Å². The molecule has 0 aliphatic heterocycles. The summed E-state index contributed by atoms with van der Waals surface area (Å²) in [6.07, 6.45) is 1.23. The van der Waals surface area contributed by atoms with Gasteiger partial charge >= 0.3 is 0 Å². The Labute approximate surface area is 61.6 Å². The minimum absolute atomic E-state index is 0.0433. The molecule has 2 radical (unpaired) electrons. The Balaban J connectivity index is 3.35. The molecule has 0 N–H and O–H groups in total. The molecule has 0 heterocycles. The Morgan fingerprint density at radius 1 is 0.900 bits per heavy atom. The lowest BCUT2D eigenvalue weighted by atomic mass is 10.1. The maximum absolute atomic E-state index is 10.6. The molecule has 56 valence electrons. The molecule has 0 aromatic rings. The van der Waals surface area contributed by atoms with Crippen molar-refractivity contribution < 1.29 is 9.59 Å². The van der Waals surface area contributed by atoms with Crippen LogP contribution >= 0.6 is 0 Å². The first-order valence-electron chi connectivity index (χ1n) is 3.32. The normalized spacial score (nSPS) is 9.40. The van der Waals surface area contributed by atoms with Crippen molar-refractivity contribution in [3.63, 3.8) is 0 Å². The van der Waals surface area contributed by atoms with Crippen molar-refractivity contribution in [2.75, 3.05) is 0 Å². The summed E-state index contributed by atoms with van der Waals surface area (Å²) >= 11 is 0. The number of carbonyl (C=O) groups is 2. The maximum atomic E-state index is 10.6. The van der Waals surface area contributed by atoms with Crippen LogP contribution < -0.4 is 0 Å². The Morgan fingerprint density at radius 3 is 1.40 bits per heavy atom. The van der Waals surface area contributed by atoms with E-state index >= 15 is 0 Å². The summed E-state index contributed by atoms with van der Waals surface area (Å²) in [5.41, 5.74) is 0. The molecule has 2 heteroatoms. The van der Waals surface area contributed by atoms with E-state index in [0.29, 0.717) is 12.8 Å². The predicted molar refractivity (Wildman–Crippen MR) is 39.2 cm³/mol. The molecule has 0 aromatic heterocycles. The first kappa shape index (κ1) is 9.34. The molecule has 2 nitrogen and oxygen atoms in total. The molecule has 0 saturated carbocycles. The van der Waals surface area contributed by atoms with Crippen LogP contribution in [0.5, 0.6) is 0 Å². The standard InChI is InChI=1S/C8H12O2/c1-3-7(9)5-6-8(10)4-2/h1-6H2. The second-order valence-electron chi connectivity index (χ2n) is 2.08. The number of hydrogen-bond acceptors (Lipinski definition) is 2. The second-order valence-corrected chi connectivity index (χ2v) is 2.08. The van der Waals surface area contributed by atoms with E-state index in [1.54, 1.807) is 0 Å². The highest BCUT2D eigenvalue weighted by atomic mass is 16.1. The van der Waals surface area contributed by atoms with Gasteiger partial charge in [-0.05, 0) is 13.8 Å². The largest absolute Gasteiger partial charge is 0.300 e. The van der Waals surface area contributed by atoms with Crippen LogP contribution in [0.3, 0.4) is 0 Å². The molecule has 0 aromatic carbocycles. The van der Waals surface area contributed by atoms with Gasteiger partial charge in [0.15, 0.2) is 0 Å². The van der Waals surface area contributed by atoms with Gasteiger partial charge in [0.2, 0.25) is 0 Å². The summed E-state index contributed by atoms with van der Waals surface area (Å²) in [6.45, 7) is 6.83. The molecule has 0 saturated heterocycles. The van der Waals surface area contributed by atoms with E-state index in [-0.39, 0.29) is 24.4 Å². The SMILES string of the molecule is [CH2]CC(=O)CCC(=O)C[CH2]. The summed E-state index contributed by atoms with van der Waals surface area (Å²) in [5, 5.41) is 0. The average Bonchev–Trinajstić information content (AvgIpc) is 1.99. The number of ketones is 2. The molecule has 0 aliphatic carbocycles. The summed E-state index contributed by atoms with van der Waals surface area (Å²) in [6, 6.07) is 0. The van der Waals surface area contributed by atoms with E-state index in [1.807, 2.05) is 0 Å². The van der Waals surface area contributed by atoms with Gasteiger partial charge in [-0.2, -0.15) is 0 Å². The molecule has 0 aliphatic rings. The van der Waals surface area contributed by atoms with Crippen molar-refractivity contribution in [2.45, 2.75) is 25.7 Å². The van der Waals surface area contributed by atoms with E-state index in [9.17, 15) is 9.59 Å². The van der Waals surface area contributed by atoms with Crippen LogP contribution in [0.15, 0.2) is 0 Å². The third kappa shape index (κ3) is 4.24. The number of hydrogen-bond donors (Lipinski definition) is 0. The number of rotatable bonds is 5. The zero-order valence-electron chi connectivity index (χ0n) is 6.06. The van der Waals surface area contributed by atoms with Crippen molar-refractivity contribution in [1.82, 2.24) is 0 Å². The van der Waals surface area contributed by atoms with Crippen LogP contribution in [0.25, 0.3) is 0 Å². The molecule has 0 atom stereocenters. The van der Waals surface area contributed by atoms with Crippen molar-refractivity contribution in [1.29, 1.82) is 0 Å². The molecule has 10 heavy (non-hydrogen) atoms. The van der Waals surface area contributed by atoms with Crippen LogP contribution in [-0.4, -0.2) is 11.6 Å². The molecular weight excluding hydrogens is 128 g/mol. The van der Waals surface area contributed by atoms with Crippen LogP contribution in [0.2, 0.25) is 0 Å². The highest BCUT2D eigenvalue weighted by molar-refractivity contribution is 5.86. The van der Waals surface area contributed by atoms with Gasteiger partial charge in [-0.15, -0.1) is 0 Å². The van der Waals surface area contributed by atoms with Gasteiger partial charge in [0, 0.05) is 25.7 Å². The molecule has 0 unspecified atom stereocenters. The Kier molecular flexibility index (Phi) is 4.81. The minimum atomic E-state index is 0.0433. The fourth-order valence-electron chi connectivity index (χ4n) is 0.529. The highest BCUT2D eigenvalue weighted by Gasteiger charge is 2.02. The van der Waals surface area contributed by atoms with Crippen LogP contribution in [0, 0.1) is 13.8 Å². The Morgan fingerprint density at radius 2 is 1.20 bits per heavy atom. The minimum Gasteiger partial charge on any atom is -0.300 e. The number of carbonyl (C=O) groups excluding carboxylic acids is 2. The van der Waals surface area contributed by atoms with Crippen molar-refractivity contribution in [2.24, 2.45) is 0 Å². The van der Waals surface area contributed by atoms with Crippen molar-refractivity contribution in [3.05, 3.63) is 13.8 Å². The van der Waals surface area contributed by atoms with Gasteiger partial charge in [-0.3, -0.25) is 9.59 Å². The molecule has 0 spiro atoms. The lowest BCUT2D eigenvalue weighted by molar-refractivity contribution is -0.123. The van der Waals surface area contributed by atoms with Crippen LogP contribution in [0.1, 0.15) is 25.7 Å². The smallest absolute Gasteiger partial charge is 0.133 e. The summed E-state index contributed by atoms with van der Waals surface area (Å²) in [5.74, 6) is 0.0867. The molecule has 0 rings (SSSR count). The fourth-order valence-corrected chi connectivity index (χ4v) is 0.529. The summed E-state index contributed by atoms with van der Waals surface area (Å²) < 4.78 is 0. The summed E-state index contributed by atoms with van der Waals surface area (Å²) in [7, 11) is 0. The zero-order valence-corrected chi connectivity index (χ0v) is 6.06. The van der Waals surface area contributed by atoms with Crippen LogP contribution in [-0.2, 0) is 9.59 Å². The van der Waals surface area contributed by atoms with Crippen molar-refractivity contribution >= 4 is 11.6 Å². The number of Topliss-reactive ketones (excluding diaryl/α,β-unsaturated/α-hetero) is 2. The molecule has 0 amide bonds. The van der Waals surface area contributed by atoms with Crippen molar-refractivity contribution in [3.8, 4) is 0 Å². The van der Waals surface area contributed by atoms with E-state index < -0.39 is 0 Å². The average molecular weight is 140 g/mol. The topological polar surface area (TPSA) is 34.1 Å². The predicted octanol–water partition coefficient (Wildman–Crippen LogP) is 1.35. The monoisotopic (exact) mass is 140 g/mol. The molecule has 0 bridgehead atoms. The van der Waals surface area contributed by atoms with Gasteiger partial charge in [0.05, 0.1) is 0 Å². The highest BCUT2D eigenvalue weighted by Crippen LogP contribution is 1.97. The lowest BCUT2D eigenvalue weighted by Gasteiger charge is -1.93. The summed E-state index contributed by atoms with van der Waals surface area (Å²) in [4.78, 5) is 21.2. The third-order valence-electron chi connectivity index (χ3n) is 1.24. The molecular formula is C8H12O2. The zero-order chi connectivity index (χ0) is 7.98. The van der Waals surface area contributed by atoms with Crippen LogP contribution in [0.4, 0.5) is 0 Å². The second kappa shape index (κ2) is 5.15.